The fourth-order valence-electron chi connectivity index (χ4n) is 0.912. The Labute approximate surface area is 78.6 Å². The zero-order valence-corrected chi connectivity index (χ0v) is 6.88. The van der Waals surface area contributed by atoms with Crippen LogP contribution in [0.2, 0.25) is 0 Å². The summed E-state index contributed by atoms with van der Waals surface area (Å²) in [6.07, 6.45) is 0. The fraction of sp³-hybridized carbons (Fsp3) is 0. The molecule has 6 nitrogen and oxygen atoms in total. The molecular weight excluding hydrogens is 184 g/mol. The summed E-state index contributed by atoms with van der Waals surface area (Å²) in [6, 6.07) is 5.63. The van der Waals surface area contributed by atoms with Crippen molar-refractivity contribution in [2.45, 2.75) is 0 Å². The van der Waals surface area contributed by atoms with E-state index in [0.717, 1.165) is 6.07 Å². The molecule has 0 saturated heterocycles. The Kier molecular flexibility index (Phi) is 2.69. The molecule has 14 heavy (non-hydrogen) atoms. The van der Waals surface area contributed by atoms with Crippen molar-refractivity contribution < 1.29 is 9.90 Å². The van der Waals surface area contributed by atoms with Gasteiger partial charge in [0.1, 0.15) is 0 Å². The quantitative estimate of drug-likeness (QED) is 0.436. The Morgan fingerprint density at radius 3 is 2.86 bits per heavy atom. The number of benzene rings is 1. The monoisotopic (exact) mass is 188 g/mol. The first-order valence-electron chi connectivity index (χ1n) is 3.51. The summed E-state index contributed by atoms with van der Waals surface area (Å²) < 4.78 is 0. The number of aromatic carboxylic acids is 1. The highest BCUT2D eigenvalue weighted by molar-refractivity contribution is 5.93. The van der Waals surface area contributed by atoms with E-state index in [4.69, 9.17) is 15.9 Å². The topological polar surface area (TPSA) is 110 Å². The fourth-order valence-corrected chi connectivity index (χ4v) is 0.912. The highest BCUT2D eigenvalue weighted by Gasteiger charge is 2.09. The molecule has 0 unspecified atom stereocenters. The highest BCUT2D eigenvalue weighted by Crippen LogP contribution is 2.20. The van der Waals surface area contributed by atoms with Gasteiger partial charge in [-0.25, -0.2) is 4.79 Å². The minimum absolute atomic E-state index is 0.000926. The third-order valence-electron chi connectivity index (χ3n) is 1.51. The molecular formula is C8H4N4O2. The van der Waals surface area contributed by atoms with E-state index in [2.05, 4.69) is 10.0 Å². The molecule has 0 fully saturated rings. The minimum atomic E-state index is -1.23. The Morgan fingerprint density at radius 1 is 1.64 bits per heavy atom. The zero-order chi connectivity index (χ0) is 10.6. The van der Waals surface area contributed by atoms with Crippen molar-refractivity contribution >= 4 is 11.7 Å². The van der Waals surface area contributed by atoms with Crippen molar-refractivity contribution in [2.75, 3.05) is 0 Å². The van der Waals surface area contributed by atoms with Crippen molar-refractivity contribution in [1.29, 1.82) is 5.26 Å². The molecule has 1 N–H and O–H groups in total. The van der Waals surface area contributed by atoms with Crippen LogP contribution in [0.3, 0.4) is 0 Å². The van der Waals surface area contributed by atoms with Gasteiger partial charge in [-0.15, -0.1) is 0 Å². The standard InChI is InChI=1S/C8H4N4O2/c9-4-5-1-2-7(11-12-10)6(3-5)8(13)14/h1-3H,(H,13,14). The van der Waals surface area contributed by atoms with Crippen LogP contribution in [-0.4, -0.2) is 11.1 Å². The van der Waals surface area contributed by atoms with E-state index < -0.39 is 5.97 Å². The van der Waals surface area contributed by atoms with Crippen molar-refractivity contribution in [2.24, 2.45) is 5.11 Å². The lowest BCUT2D eigenvalue weighted by Crippen LogP contribution is -1.96. The molecule has 0 aromatic heterocycles. The lowest BCUT2D eigenvalue weighted by molar-refractivity contribution is 0.0698. The summed E-state index contributed by atoms with van der Waals surface area (Å²) >= 11 is 0. The van der Waals surface area contributed by atoms with Crippen LogP contribution >= 0.6 is 0 Å². The Balaban J connectivity index is 3.39. The second kappa shape index (κ2) is 3.94. The lowest BCUT2D eigenvalue weighted by Gasteiger charge is -1.98. The predicted octanol–water partition coefficient (Wildman–Crippen LogP) is 2.20. The Hall–Kier alpha value is -2.51. The Morgan fingerprint density at radius 2 is 2.36 bits per heavy atom. The number of hydrogen-bond donors (Lipinski definition) is 1. The van der Waals surface area contributed by atoms with Gasteiger partial charge in [0.15, 0.2) is 0 Å². The third-order valence-corrected chi connectivity index (χ3v) is 1.51. The number of azide groups is 1. The van der Waals surface area contributed by atoms with E-state index in [1.807, 2.05) is 0 Å². The van der Waals surface area contributed by atoms with E-state index in [0.29, 0.717) is 0 Å². The predicted molar refractivity (Wildman–Crippen MR) is 46.9 cm³/mol. The summed E-state index contributed by atoms with van der Waals surface area (Å²) in [4.78, 5) is 13.2. The summed E-state index contributed by atoms with van der Waals surface area (Å²) in [5, 5.41) is 20.4. The maximum absolute atomic E-state index is 10.7. The molecule has 0 aliphatic heterocycles. The lowest BCUT2D eigenvalue weighted by atomic mass is 10.1. The molecule has 0 spiro atoms. The van der Waals surface area contributed by atoms with E-state index in [1.165, 1.54) is 12.1 Å². The molecule has 1 aromatic carbocycles. The third kappa shape index (κ3) is 1.80. The van der Waals surface area contributed by atoms with Crippen LogP contribution in [0.15, 0.2) is 23.3 Å². The van der Waals surface area contributed by atoms with E-state index in [1.54, 1.807) is 6.07 Å². The molecule has 0 amide bonds. The average Bonchev–Trinajstić information content (AvgIpc) is 2.18. The molecule has 0 bridgehead atoms. The van der Waals surface area contributed by atoms with E-state index >= 15 is 0 Å². The number of hydrogen-bond acceptors (Lipinski definition) is 3. The second-order valence-corrected chi connectivity index (χ2v) is 2.34. The van der Waals surface area contributed by atoms with Gasteiger partial charge in [-0.3, -0.25) is 0 Å². The smallest absolute Gasteiger partial charge is 0.336 e. The number of carbonyl (C=O) groups is 1. The van der Waals surface area contributed by atoms with Gasteiger partial charge in [0.05, 0.1) is 22.9 Å². The summed E-state index contributed by atoms with van der Waals surface area (Å²) in [7, 11) is 0. The summed E-state index contributed by atoms with van der Waals surface area (Å²) in [5.74, 6) is -1.23. The van der Waals surface area contributed by atoms with Crippen molar-refractivity contribution in [3.63, 3.8) is 0 Å². The van der Waals surface area contributed by atoms with Crippen molar-refractivity contribution in [1.82, 2.24) is 0 Å². The van der Waals surface area contributed by atoms with Gasteiger partial charge < -0.3 is 5.11 Å². The summed E-state index contributed by atoms with van der Waals surface area (Å²) in [6.45, 7) is 0. The van der Waals surface area contributed by atoms with Crippen LogP contribution in [0.1, 0.15) is 15.9 Å². The maximum Gasteiger partial charge on any atom is 0.336 e. The van der Waals surface area contributed by atoms with E-state index in [-0.39, 0.29) is 16.8 Å². The van der Waals surface area contributed by atoms with Crippen LogP contribution in [0.4, 0.5) is 5.69 Å². The normalized spacial score (nSPS) is 8.50. The van der Waals surface area contributed by atoms with Crippen LogP contribution in [0.5, 0.6) is 0 Å². The molecule has 1 rings (SSSR count). The van der Waals surface area contributed by atoms with Gasteiger partial charge in [-0.1, -0.05) is 11.2 Å². The van der Waals surface area contributed by atoms with Crippen molar-refractivity contribution in [3.05, 3.63) is 39.8 Å². The van der Waals surface area contributed by atoms with Crippen LogP contribution in [0, 0.1) is 11.3 Å². The first kappa shape index (κ1) is 9.58. The molecule has 6 heteroatoms. The molecule has 0 atom stereocenters. The van der Waals surface area contributed by atoms with Gasteiger partial charge in [0.2, 0.25) is 0 Å². The molecule has 0 aliphatic rings. The largest absolute Gasteiger partial charge is 0.478 e. The second-order valence-electron chi connectivity index (χ2n) is 2.34. The molecule has 1 aromatic rings. The zero-order valence-electron chi connectivity index (χ0n) is 6.88. The van der Waals surface area contributed by atoms with Crippen LogP contribution < -0.4 is 0 Å². The molecule has 0 heterocycles. The molecule has 68 valence electrons. The SMILES string of the molecule is N#Cc1ccc(N=[N+]=[N-])c(C(=O)O)c1. The average molecular weight is 188 g/mol. The molecule has 0 saturated carbocycles. The minimum Gasteiger partial charge on any atom is -0.478 e. The number of carboxylic acid groups (broad SMARTS) is 1. The number of nitrogens with zero attached hydrogens (tertiary/aromatic N) is 4. The molecule has 0 aliphatic carbocycles. The van der Waals surface area contributed by atoms with E-state index in [9.17, 15) is 4.79 Å². The maximum atomic E-state index is 10.7. The van der Waals surface area contributed by atoms with Gasteiger partial charge in [0.25, 0.3) is 0 Å². The number of nitriles is 1. The van der Waals surface area contributed by atoms with Gasteiger partial charge in [-0.05, 0) is 17.7 Å². The highest BCUT2D eigenvalue weighted by atomic mass is 16.4. The van der Waals surface area contributed by atoms with Crippen molar-refractivity contribution in [3.8, 4) is 6.07 Å². The van der Waals surface area contributed by atoms with Gasteiger partial charge >= 0.3 is 5.97 Å². The van der Waals surface area contributed by atoms with Gasteiger partial charge in [0, 0.05) is 4.91 Å². The summed E-state index contributed by atoms with van der Waals surface area (Å²) in [5.41, 5.74) is 8.18. The van der Waals surface area contributed by atoms with Gasteiger partial charge in [-0.2, -0.15) is 5.26 Å². The number of rotatable bonds is 2. The first-order chi connectivity index (χ1) is 6.69. The Bertz CT molecular complexity index is 469. The van der Waals surface area contributed by atoms with Crippen LogP contribution in [0.25, 0.3) is 10.4 Å². The first-order valence-corrected chi connectivity index (χ1v) is 3.51. The van der Waals surface area contributed by atoms with Crippen LogP contribution in [-0.2, 0) is 0 Å². The number of carboxylic acids is 1. The molecule has 0 radical (unpaired) electrons.